The molecule has 1 fully saturated rings. The number of amides is 1. The molecule has 1 saturated heterocycles. The fourth-order valence-electron chi connectivity index (χ4n) is 2.31. The number of nitrogens with zero attached hydrogens (tertiary/aromatic N) is 2. The molecule has 2 aromatic carbocycles. The van der Waals surface area contributed by atoms with Gasteiger partial charge in [0.25, 0.3) is 5.91 Å². The SMILES string of the molecule is CCCN=C1S/C(=C\c2ccc(O)cc2)C(=O)N1c1ccccc1. The molecule has 3 rings (SSSR count). The summed E-state index contributed by atoms with van der Waals surface area (Å²) in [6, 6.07) is 16.3. The van der Waals surface area contributed by atoms with Crippen molar-refractivity contribution in [2.24, 2.45) is 4.99 Å². The van der Waals surface area contributed by atoms with Gasteiger partial charge in [-0.1, -0.05) is 37.3 Å². The Balaban J connectivity index is 1.96. The van der Waals surface area contributed by atoms with Crippen LogP contribution in [0.15, 0.2) is 64.5 Å². The van der Waals surface area contributed by atoms with Crippen molar-refractivity contribution in [2.75, 3.05) is 11.4 Å². The summed E-state index contributed by atoms with van der Waals surface area (Å²) in [6.07, 6.45) is 2.76. The van der Waals surface area contributed by atoms with Crippen LogP contribution in [0.4, 0.5) is 5.69 Å². The van der Waals surface area contributed by atoms with Crippen LogP contribution in [0.25, 0.3) is 6.08 Å². The van der Waals surface area contributed by atoms with E-state index in [1.165, 1.54) is 11.8 Å². The molecule has 1 N–H and O–H groups in total. The van der Waals surface area contributed by atoms with E-state index in [0.717, 1.165) is 17.7 Å². The zero-order valence-electron chi connectivity index (χ0n) is 13.3. The second kappa shape index (κ2) is 7.36. The standard InChI is InChI=1S/C19H18N2O2S/c1-2-12-20-19-21(15-6-4-3-5-7-15)18(23)17(24-19)13-14-8-10-16(22)11-9-14/h3-11,13,22H,2,12H2,1H3/b17-13-,20-19?. The van der Waals surface area contributed by atoms with Gasteiger partial charge in [-0.25, -0.2) is 0 Å². The van der Waals surface area contributed by atoms with Crippen LogP contribution in [0.5, 0.6) is 5.75 Å². The minimum Gasteiger partial charge on any atom is -0.508 e. The van der Waals surface area contributed by atoms with Gasteiger partial charge in [0.05, 0.1) is 10.6 Å². The van der Waals surface area contributed by atoms with E-state index in [0.29, 0.717) is 16.6 Å². The molecule has 2 aromatic rings. The highest BCUT2D eigenvalue weighted by atomic mass is 32.2. The first kappa shape index (κ1) is 16.3. The molecular weight excluding hydrogens is 320 g/mol. The summed E-state index contributed by atoms with van der Waals surface area (Å²) in [6.45, 7) is 2.75. The summed E-state index contributed by atoms with van der Waals surface area (Å²) in [5.41, 5.74) is 1.69. The average molecular weight is 338 g/mol. The molecule has 0 atom stereocenters. The highest BCUT2D eigenvalue weighted by molar-refractivity contribution is 8.19. The predicted octanol–water partition coefficient (Wildman–Crippen LogP) is 4.28. The molecule has 0 aromatic heterocycles. The van der Waals surface area contributed by atoms with Crippen molar-refractivity contribution in [3.05, 3.63) is 65.1 Å². The molecule has 1 aliphatic rings. The van der Waals surface area contributed by atoms with E-state index >= 15 is 0 Å². The van der Waals surface area contributed by atoms with Gasteiger partial charge in [-0.05, 0) is 54.1 Å². The lowest BCUT2D eigenvalue weighted by atomic mass is 10.2. The van der Waals surface area contributed by atoms with E-state index < -0.39 is 0 Å². The van der Waals surface area contributed by atoms with Gasteiger partial charge in [0.1, 0.15) is 5.75 Å². The number of para-hydroxylation sites is 1. The summed E-state index contributed by atoms with van der Waals surface area (Å²) in [4.78, 5) is 19.7. The largest absolute Gasteiger partial charge is 0.508 e. The van der Waals surface area contributed by atoms with Gasteiger partial charge >= 0.3 is 0 Å². The first-order chi connectivity index (χ1) is 11.7. The fraction of sp³-hybridized carbons (Fsp3) is 0.158. The first-order valence-corrected chi connectivity index (χ1v) is 8.63. The van der Waals surface area contributed by atoms with E-state index in [1.807, 2.05) is 36.4 Å². The monoisotopic (exact) mass is 338 g/mol. The Hall–Kier alpha value is -2.53. The molecule has 1 aliphatic heterocycles. The van der Waals surface area contributed by atoms with Crippen LogP contribution in [0.1, 0.15) is 18.9 Å². The minimum atomic E-state index is -0.0749. The number of thioether (sulfide) groups is 1. The number of carbonyl (C=O) groups excluding carboxylic acids is 1. The van der Waals surface area contributed by atoms with Crippen LogP contribution in [-0.2, 0) is 4.79 Å². The Morgan fingerprint density at radius 2 is 1.83 bits per heavy atom. The molecular formula is C19H18N2O2S. The van der Waals surface area contributed by atoms with Crippen LogP contribution in [0.2, 0.25) is 0 Å². The minimum absolute atomic E-state index is 0.0749. The van der Waals surface area contributed by atoms with Gasteiger partial charge in [-0.15, -0.1) is 0 Å². The van der Waals surface area contributed by atoms with E-state index in [2.05, 4.69) is 11.9 Å². The Morgan fingerprint density at radius 3 is 2.50 bits per heavy atom. The van der Waals surface area contributed by atoms with Crippen LogP contribution >= 0.6 is 11.8 Å². The van der Waals surface area contributed by atoms with Crippen molar-refractivity contribution in [1.82, 2.24) is 0 Å². The van der Waals surface area contributed by atoms with Gasteiger partial charge in [0, 0.05) is 6.54 Å². The summed E-state index contributed by atoms with van der Waals surface area (Å²) >= 11 is 1.39. The molecule has 0 spiro atoms. The topological polar surface area (TPSA) is 52.9 Å². The number of rotatable bonds is 4. The predicted molar refractivity (Wildman–Crippen MR) is 100 cm³/mol. The Labute approximate surface area is 145 Å². The van der Waals surface area contributed by atoms with Crippen molar-refractivity contribution >= 4 is 34.6 Å². The quantitative estimate of drug-likeness (QED) is 0.847. The maximum Gasteiger partial charge on any atom is 0.271 e. The maximum atomic E-state index is 12.9. The van der Waals surface area contributed by atoms with Gasteiger partial charge in [0.2, 0.25) is 0 Å². The number of carbonyl (C=O) groups is 1. The fourth-order valence-corrected chi connectivity index (χ4v) is 3.32. The summed E-state index contributed by atoms with van der Waals surface area (Å²) in [7, 11) is 0. The number of amidine groups is 1. The van der Waals surface area contributed by atoms with Gasteiger partial charge < -0.3 is 5.11 Å². The smallest absolute Gasteiger partial charge is 0.271 e. The van der Waals surface area contributed by atoms with E-state index in [1.54, 1.807) is 29.2 Å². The van der Waals surface area contributed by atoms with Gasteiger partial charge in [-0.3, -0.25) is 14.7 Å². The Kier molecular flexibility index (Phi) is 5.01. The number of hydrogen-bond acceptors (Lipinski definition) is 4. The third kappa shape index (κ3) is 3.51. The Morgan fingerprint density at radius 1 is 1.12 bits per heavy atom. The number of phenols is 1. The van der Waals surface area contributed by atoms with Crippen LogP contribution in [0.3, 0.4) is 0 Å². The second-order valence-electron chi connectivity index (χ2n) is 5.34. The molecule has 5 heteroatoms. The lowest BCUT2D eigenvalue weighted by Crippen LogP contribution is -2.28. The van der Waals surface area contributed by atoms with Crippen molar-refractivity contribution in [1.29, 1.82) is 0 Å². The molecule has 24 heavy (non-hydrogen) atoms. The van der Waals surface area contributed by atoms with Crippen molar-refractivity contribution in [3.8, 4) is 5.75 Å². The second-order valence-corrected chi connectivity index (χ2v) is 6.35. The third-order valence-electron chi connectivity index (χ3n) is 3.48. The molecule has 4 nitrogen and oxygen atoms in total. The highest BCUT2D eigenvalue weighted by Gasteiger charge is 2.34. The van der Waals surface area contributed by atoms with Crippen molar-refractivity contribution < 1.29 is 9.90 Å². The zero-order valence-corrected chi connectivity index (χ0v) is 14.2. The molecule has 0 bridgehead atoms. The number of anilines is 1. The van der Waals surface area contributed by atoms with Gasteiger partial charge in [0.15, 0.2) is 5.17 Å². The summed E-state index contributed by atoms with van der Waals surface area (Å²) < 4.78 is 0. The number of benzene rings is 2. The first-order valence-electron chi connectivity index (χ1n) is 7.81. The lowest BCUT2D eigenvalue weighted by molar-refractivity contribution is -0.113. The summed E-state index contributed by atoms with van der Waals surface area (Å²) in [5, 5.41) is 10.1. The number of aromatic hydroxyl groups is 1. The van der Waals surface area contributed by atoms with Crippen molar-refractivity contribution in [3.63, 3.8) is 0 Å². The molecule has 0 saturated carbocycles. The maximum absolute atomic E-state index is 12.9. The average Bonchev–Trinajstić information content (AvgIpc) is 2.91. The van der Waals surface area contributed by atoms with Crippen LogP contribution < -0.4 is 4.90 Å². The number of aliphatic imine (C=N–C) groups is 1. The third-order valence-corrected chi connectivity index (χ3v) is 4.49. The summed E-state index contributed by atoms with van der Waals surface area (Å²) in [5.74, 6) is 0.132. The van der Waals surface area contributed by atoms with Crippen LogP contribution in [-0.4, -0.2) is 22.7 Å². The Bertz CT molecular complexity index is 783. The van der Waals surface area contributed by atoms with E-state index in [-0.39, 0.29) is 11.7 Å². The molecule has 1 heterocycles. The normalized spacial score (nSPS) is 17.9. The molecule has 1 amide bonds. The van der Waals surface area contributed by atoms with E-state index in [9.17, 15) is 9.90 Å². The molecule has 0 aliphatic carbocycles. The van der Waals surface area contributed by atoms with Crippen molar-refractivity contribution in [2.45, 2.75) is 13.3 Å². The zero-order chi connectivity index (χ0) is 16.9. The molecule has 0 unspecified atom stereocenters. The van der Waals surface area contributed by atoms with Gasteiger partial charge in [-0.2, -0.15) is 0 Å². The highest BCUT2D eigenvalue weighted by Crippen LogP contribution is 2.36. The molecule has 0 radical (unpaired) electrons. The number of hydrogen-bond donors (Lipinski definition) is 1. The number of phenolic OH excluding ortho intramolecular Hbond substituents is 1. The lowest BCUT2D eigenvalue weighted by Gasteiger charge is -2.15. The molecule has 122 valence electrons. The van der Waals surface area contributed by atoms with Crippen LogP contribution in [0, 0.1) is 0 Å². The van der Waals surface area contributed by atoms with E-state index in [4.69, 9.17) is 0 Å².